The van der Waals surface area contributed by atoms with E-state index in [4.69, 9.17) is 19.3 Å². The quantitative estimate of drug-likeness (QED) is 0.297. The fourth-order valence-electron chi connectivity index (χ4n) is 2.46. The van der Waals surface area contributed by atoms with Crippen LogP contribution in [-0.2, 0) is 0 Å². The largest absolute Gasteiger partial charge is 0.490 e. The van der Waals surface area contributed by atoms with Gasteiger partial charge in [-0.25, -0.2) is 9.59 Å². The molecule has 0 atom stereocenters. The minimum atomic E-state index is -1.07. The number of carbonyl (C=O) groups excluding carboxylic acids is 1. The summed E-state index contributed by atoms with van der Waals surface area (Å²) in [6.07, 6.45) is 0. The molecule has 148 valence electrons. The van der Waals surface area contributed by atoms with Crippen molar-refractivity contribution in [2.45, 2.75) is 0 Å². The van der Waals surface area contributed by atoms with Crippen LogP contribution < -0.4 is 14.2 Å². The van der Waals surface area contributed by atoms with E-state index in [1.165, 1.54) is 18.2 Å². The number of para-hydroxylation sites is 2. The SMILES string of the molecule is O=C(O)c1ccc(OC(=O)c2ccccc2OCCOc2ccccc2)c(Br)c1. The average Bonchev–Trinajstić information content (AvgIpc) is 2.73. The monoisotopic (exact) mass is 456 g/mol. The minimum absolute atomic E-state index is 0.0822. The number of aromatic carboxylic acids is 1. The molecule has 0 aliphatic carbocycles. The number of ether oxygens (including phenoxy) is 3. The first-order valence-electron chi connectivity index (χ1n) is 8.69. The Morgan fingerprint density at radius 1 is 0.828 bits per heavy atom. The summed E-state index contributed by atoms with van der Waals surface area (Å²) in [4.78, 5) is 23.6. The molecule has 0 aliphatic heterocycles. The normalized spacial score (nSPS) is 10.2. The van der Waals surface area contributed by atoms with Crippen LogP contribution in [0.1, 0.15) is 20.7 Å². The molecular formula is C22H17BrO6. The molecule has 0 fully saturated rings. The molecule has 3 aromatic carbocycles. The standard InChI is InChI=1S/C22H17BrO6/c23-18-14-15(21(24)25)10-11-20(18)29-22(26)17-8-4-5-9-19(17)28-13-12-27-16-6-2-1-3-7-16/h1-11,14H,12-13H2,(H,24,25). The lowest BCUT2D eigenvalue weighted by molar-refractivity contribution is 0.0696. The van der Waals surface area contributed by atoms with E-state index >= 15 is 0 Å². The van der Waals surface area contributed by atoms with Gasteiger partial charge in [0, 0.05) is 0 Å². The van der Waals surface area contributed by atoms with E-state index in [1.807, 2.05) is 30.3 Å². The van der Waals surface area contributed by atoms with Crippen LogP contribution in [0.4, 0.5) is 0 Å². The third kappa shape index (κ3) is 5.58. The van der Waals surface area contributed by atoms with Crippen LogP contribution >= 0.6 is 15.9 Å². The van der Waals surface area contributed by atoms with Crippen molar-refractivity contribution in [3.05, 3.63) is 88.4 Å². The number of esters is 1. The second-order valence-electron chi connectivity index (χ2n) is 5.85. The highest BCUT2D eigenvalue weighted by Gasteiger charge is 2.17. The number of hydrogen-bond acceptors (Lipinski definition) is 5. The summed E-state index contributed by atoms with van der Waals surface area (Å²) in [5.41, 5.74) is 0.334. The highest BCUT2D eigenvalue weighted by molar-refractivity contribution is 9.10. The van der Waals surface area contributed by atoms with Crippen LogP contribution in [0, 0.1) is 0 Å². The zero-order valence-corrected chi connectivity index (χ0v) is 16.8. The summed E-state index contributed by atoms with van der Waals surface area (Å²) in [5.74, 6) is -0.374. The molecule has 0 bridgehead atoms. The Labute approximate surface area is 175 Å². The molecule has 29 heavy (non-hydrogen) atoms. The highest BCUT2D eigenvalue weighted by atomic mass is 79.9. The number of carbonyl (C=O) groups is 2. The third-order valence-electron chi connectivity index (χ3n) is 3.84. The van der Waals surface area contributed by atoms with Crippen molar-refractivity contribution < 1.29 is 28.9 Å². The first-order valence-corrected chi connectivity index (χ1v) is 9.48. The molecule has 1 N–H and O–H groups in total. The number of hydrogen-bond donors (Lipinski definition) is 1. The molecule has 0 spiro atoms. The van der Waals surface area contributed by atoms with Gasteiger partial charge in [-0.1, -0.05) is 30.3 Å². The Kier molecular flexibility index (Phi) is 6.86. The molecule has 0 aliphatic rings. The van der Waals surface area contributed by atoms with Gasteiger partial charge >= 0.3 is 11.9 Å². The lowest BCUT2D eigenvalue weighted by Crippen LogP contribution is -2.14. The molecule has 6 nitrogen and oxygen atoms in total. The van der Waals surface area contributed by atoms with Crippen LogP contribution in [0.3, 0.4) is 0 Å². The predicted molar refractivity (Wildman–Crippen MR) is 110 cm³/mol. The maximum Gasteiger partial charge on any atom is 0.347 e. The van der Waals surface area contributed by atoms with Crippen molar-refractivity contribution in [2.75, 3.05) is 13.2 Å². The van der Waals surface area contributed by atoms with E-state index in [2.05, 4.69) is 15.9 Å². The average molecular weight is 457 g/mol. The Bertz CT molecular complexity index is 1000. The summed E-state index contributed by atoms with van der Waals surface area (Å²) in [7, 11) is 0. The number of carboxylic acids is 1. The first-order chi connectivity index (χ1) is 14.0. The number of halogens is 1. The maximum atomic E-state index is 12.6. The van der Waals surface area contributed by atoms with Crippen LogP contribution in [0.2, 0.25) is 0 Å². The van der Waals surface area contributed by atoms with Crippen molar-refractivity contribution in [3.63, 3.8) is 0 Å². The van der Waals surface area contributed by atoms with Crippen LogP contribution in [0.15, 0.2) is 77.3 Å². The zero-order valence-electron chi connectivity index (χ0n) is 15.2. The molecule has 0 saturated heterocycles. The number of rotatable bonds is 8. The molecule has 0 saturated carbocycles. The first kappa shape index (κ1) is 20.4. The van der Waals surface area contributed by atoms with Crippen molar-refractivity contribution >= 4 is 27.9 Å². The second-order valence-corrected chi connectivity index (χ2v) is 6.70. The summed E-state index contributed by atoms with van der Waals surface area (Å²) < 4.78 is 17.0. The molecule has 3 aromatic rings. The molecular weight excluding hydrogens is 440 g/mol. The molecule has 0 amide bonds. The number of carboxylic acid groups (broad SMARTS) is 1. The fourth-order valence-corrected chi connectivity index (χ4v) is 2.92. The van der Waals surface area contributed by atoms with Crippen molar-refractivity contribution in [1.29, 1.82) is 0 Å². The predicted octanol–water partition coefficient (Wildman–Crippen LogP) is 4.82. The van der Waals surface area contributed by atoms with Crippen LogP contribution in [-0.4, -0.2) is 30.3 Å². The van der Waals surface area contributed by atoms with E-state index in [0.717, 1.165) is 5.75 Å². The Hall–Kier alpha value is -3.32. The molecule has 0 unspecified atom stereocenters. The van der Waals surface area contributed by atoms with Gasteiger partial charge in [0.1, 0.15) is 36.0 Å². The van der Waals surface area contributed by atoms with Gasteiger partial charge in [0.25, 0.3) is 0 Å². The lowest BCUT2D eigenvalue weighted by Gasteiger charge is -2.12. The second kappa shape index (κ2) is 9.75. The summed E-state index contributed by atoms with van der Waals surface area (Å²) in [6.45, 7) is 0.561. The van der Waals surface area contributed by atoms with E-state index in [9.17, 15) is 9.59 Å². The van der Waals surface area contributed by atoms with Gasteiger partial charge < -0.3 is 19.3 Å². The summed E-state index contributed by atoms with van der Waals surface area (Å²) in [5, 5.41) is 9.02. The smallest absolute Gasteiger partial charge is 0.347 e. The molecule has 3 rings (SSSR count). The molecule has 7 heteroatoms. The van der Waals surface area contributed by atoms with Crippen LogP contribution in [0.25, 0.3) is 0 Å². The van der Waals surface area contributed by atoms with Gasteiger partial charge in [0.2, 0.25) is 0 Å². The van der Waals surface area contributed by atoms with Crippen molar-refractivity contribution in [3.8, 4) is 17.2 Å². The van der Waals surface area contributed by atoms with Gasteiger partial charge in [-0.2, -0.15) is 0 Å². The maximum absolute atomic E-state index is 12.6. The van der Waals surface area contributed by atoms with Crippen molar-refractivity contribution in [1.82, 2.24) is 0 Å². The summed E-state index contributed by atoms with van der Waals surface area (Å²) >= 11 is 3.22. The molecule has 0 aromatic heterocycles. The molecule has 0 radical (unpaired) electrons. The fraction of sp³-hybridized carbons (Fsp3) is 0.0909. The van der Waals surface area contributed by atoms with E-state index in [0.29, 0.717) is 16.8 Å². The number of benzene rings is 3. The van der Waals surface area contributed by atoms with Gasteiger partial charge in [-0.05, 0) is 58.4 Å². The minimum Gasteiger partial charge on any atom is -0.490 e. The van der Waals surface area contributed by atoms with E-state index in [1.54, 1.807) is 24.3 Å². The van der Waals surface area contributed by atoms with Gasteiger partial charge in [-0.15, -0.1) is 0 Å². The van der Waals surface area contributed by atoms with E-state index < -0.39 is 11.9 Å². The van der Waals surface area contributed by atoms with Crippen LogP contribution in [0.5, 0.6) is 17.2 Å². The van der Waals surface area contributed by atoms with Gasteiger partial charge in [-0.3, -0.25) is 0 Å². The van der Waals surface area contributed by atoms with Gasteiger partial charge in [0.15, 0.2) is 0 Å². The molecule has 0 heterocycles. The van der Waals surface area contributed by atoms with Crippen molar-refractivity contribution in [2.24, 2.45) is 0 Å². The van der Waals surface area contributed by atoms with Gasteiger partial charge in [0.05, 0.1) is 10.0 Å². The van der Waals surface area contributed by atoms with E-state index in [-0.39, 0.29) is 23.5 Å². The lowest BCUT2D eigenvalue weighted by atomic mass is 10.2. The Balaban J connectivity index is 1.63. The highest BCUT2D eigenvalue weighted by Crippen LogP contribution is 2.28. The summed E-state index contributed by atoms with van der Waals surface area (Å²) in [6, 6.07) is 20.2. The zero-order chi connectivity index (χ0) is 20.6. The third-order valence-corrected chi connectivity index (χ3v) is 4.46. The topological polar surface area (TPSA) is 82.1 Å². The Morgan fingerprint density at radius 2 is 1.52 bits per heavy atom. The Morgan fingerprint density at radius 3 is 2.24 bits per heavy atom.